The van der Waals surface area contributed by atoms with Gasteiger partial charge in [-0.2, -0.15) is 5.10 Å². The van der Waals surface area contributed by atoms with Crippen LogP contribution in [0.4, 0.5) is 0 Å². The first-order valence-corrected chi connectivity index (χ1v) is 7.68. The zero-order valence-corrected chi connectivity index (χ0v) is 13.0. The minimum absolute atomic E-state index is 0.392. The van der Waals surface area contributed by atoms with E-state index in [1.807, 2.05) is 17.9 Å². The van der Waals surface area contributed by atoms with Crippen LogP contribution in [0.1, 0.15) is 18.5 Å². The molecule has 2 aliphatic heterocycles. The SMILES string of the molecule is CN1CCC2(CC1)CN(Cc1ccnn1C)CCN2C. The van der Waals surface area contributed by atoms with Crippen molar-refractivity contribution in [3.8, 4) is 0 Å². The summed E-state index contributed by atoms with van der Waals surface area (Å²) >= 11 is 0. The molecule has 0 bridgehead atoms. The summed E-state index contributed by atoms with van der Waals surface area (Å²) in [6.45, 7) is 7.03. The van der Waals surface area contributed by atoms with Crippen LogP contribution >= 0.6 is 0 Å². The molecule has 0 saturated carbocycles. The third-order valence-electron chi connectivity index (χ3n) is 5.31. The van der Waals surface area contributed by atoms with Gasteiger partial charge in [0.05, 0.1) is 5.69 Å². The molecule has 1 aromatic heterocycles. The molecule has 2 aliphatic rings. The first-order chi connectivity index (χ1) is 9.59. The third kappa shape index (κ3) is 2.62. The normalized spacial score (nSPS) is 25.4. The molecule has 5 nitrogen and oxygen atoms in total. The second kappa shape index (κ2) is 5.47. The molecule has 0 aliphatic carbocycles. The van der Waals surface area contributed by atoms with Crippen LogP contribution in [0.15, 0.2) is 12.3 Å². The van der Waals surface area contributed by atoms with Crippen LogP contribution in [0.5, 0.6) is 0 Å². The van der Waals surface area contributed by atoms with Crippen LogP contribution in [-0.2, 0) is 13.6 Å². The lowest BCUT2D eigenvalue weighted by molar-refractivity contribution is -0.0264. The van der Waals surface area contributed by atoms with Crippen molar-refractivity contribution in [2.24, 2.45) is 7.05 Å². The van der Waals surface area contributed by atoms with Gasteiger partial charge in [0.2, 0.25) is 0 Å². The van der Waals surface area contributed by atoms with Gasteiger partial charge in [0.15, 0.2) is 0 Å². The molecule has 112 valence electrons. The molecule has 2 saturated heterocycles. The van der Waals surface area contributed by atoms with Crippen molar-refractivity contribution >= 4 is 0 Å². The molecule has 0 unspecified atom stereocenters. The Labute approximate surface area is 122 Å². The lowest BCUT2D eigenvalue weighted by Crippen LogP contribution is -2.63. The summed E-state index contributed by atoms with van der Waals surface area (Å²) in [5.41, 5.74) is 1.71. The summed E-state index contributed by atoms with van der Waals surface area (Å²) in [6, 6.07) is 2.14. The maximum Gasteiger partial charge on any atom is 0.0521 e. The molecule has 1 spiro atoms. The van der Waals surface area contributed by atoms with Gasteiger partial charge in [0, 0.05) is 45.0 Å². The maximum absolute atomic E-state index is 4.28. The van der Waals surface area contributed by atoms with E-state index in [1.165, 1.54) is 51.3 Å². The van der Waals surface area contributed by atoms with Gasteiger partial charge in [0.1, 0.15) is 0 Å². The van der Waals surface area contributed by atoms with Gasteiger partial charge in [-0.15, -0.1) is 0 Å². The Morgan fingerprint density at radius 2 is 1.85 bits per heavy atom. The summed E-state index contributed by atoms with van der Waals surface area (Å²) in [5, 5.41) is 4.28. The molecule has 0 radical (unpaired) electrons. The minimum atomic E-state index is 0.392. The predicted octanol–water partition coefficient (Wildman–Crippen LogP) is 0.632. The average molecular weight is 277 g/mol. The summed E-state index contributed by atoms with van der Waals surface area (Å²) in [4.78, 5) is 7.68. The largest absolute Gasteiger partial charge is 0.306 e. The monoisotopic (exact) mass is 277 g/mol. The number of likely N-dealkylation sites (tertiary alicyclic amines) is 1. The maximum atomic E-state index is 4.28. The molecule has 0 amide bonds. The number of rotatable bonds is 2. The van der Waals surface area contributed by atoms with E-state index in [9.17, 15) is 0 Å². The van der Waals surface area contributed by atoms with Gasteiger partial charge in [-0.05, 0) is 46.1 Å². The molecule has 0 aromatic carbocycles. The highest BCUT2D eigenvalue weighted by atomic mass is 15.3. The van der Waals surface area contributed by atoms with Gasteiger partial charge >= 0.3 is 0 Å². The van der Waals surface area contributed by atoms with Gasteiger partial charge in [-0.1, -0.05) is 0 Å². The molecular weight excluding hydrogens is 250 g/mol. The number of hydrogen-bond acceptors (Lipinski definition) is 4. The van der Waals surface area contributed by atoms with Crippen LogP contribution in [-0.4, -0.2) is 76.8 Å². The van der Waals surface area contributed by atoms with Crippen molar-refractivity contribution in [2.75, 3.05) is 46.8 Å². The fraction of sp³-hybridized carbons (Fsp3) is 0.800. The van der Waals surface area contributed by atoms with Crippen LogP contribution in [0.3, 0.4) is 0 Å². The van der Waals surface area contributed by atoms with Crippen LogP contribution in [0.2, 0.25) is 0 Å². The lowest BCUT2D eigenvalue weighted by Gasteiger charge is -2.52. The third-order valence-corrected chi connectivity index (χ3v) is 5.31. The zero-order valence-electron chi connectivity index (χ0n) is 13.0. The Morgan fingerprint density at radius 1 is 1.10 bits per heavy atom. The first kappa shape index (κ1) is 14.0. The molecule has 5 heteroatoms. The fourth-order valence-electron chi connectivity index (χ4n) is 3.64. The highest BCUT2D eigenvalue weighted by Crippen LogP contribution is 2.31. The van der Waals surface area contributed by atoms with Crippen LogP contribution in [0.25, 0.3) is 0 Å². The Bertz CT molecular complexity index is 447. The molecule has 0 atom stereocenters. The molecule has 3 rings (SSSR count). The smallest absolute Gasteiger partial charge is 0.0521 e. The highest BCUT2D eigenvalue weighted by molar-refractivity contribution is 5.03. The second-order valence-corrected chi connectivity index (χ2v) is 6.61. The Kier molecular flexibility index (Phi) is 3.84. The highest BCUT2D eigenvalue weighted by Gasteiger charge is 2.41. The number of aromatic nitrogens is 2. The molecular formula is C15H27N5. The van der Waals surface area contributed by atoms with E-state index in [-0.39, 0.29) is 0 Å². The number of aryl methyl sites for hydroxylation is 1. The van der Waals surface area contributed by atoms with Gasteiger partial charge < -0.3 is 4.90 Å². The Hall–Kier alpha value is -0.910. The standard InChI is InChI=1S/C15H27N5/c1-17-8-5-15(6-9-17)13-20(11-10-18(15)2)12-14-4-7-16-19(14)3/h4,7H,5-6,8-13H2,1-3H3. The van der Waals surface area contributed by atoms with Crippen molar-refractivity contribution in [2.45, 2.75) is 24.9 Å². The summed E-state index contributed by atoms with van der Waals surface area (Å²) < 4.78 is 2.00. The van der Waals surface area contributed by atoms with E-state index < -0.39 is 0 Å². The van der Waals surface area contributed by atoms with E-state index in [0.29, 0.717) is 5.54 Å². The van der Waals surface area contributed by atoms with E-state index in [4.69, 9.17) is 0 Å². The van der Waals surface area contributed by atoms with Crippen molar-refractivity contribution in [3.63, 3.8) is 0 Å². The van der Waals surface area contributed by atoms with Crippen molar-refractivity contribution in [3.05, 3.63) is 18.0 Å². The molecule has 3 heterocycles. The first-order valence-electron chi connectivity index (χ1n) is 7.68. The van der Waals surface area contributed by atoms with E-state index in [2.05, 4.69) is 40.0 Å². The quantitative estimate of drug-likeness (QED) is 0.792. The summed E-state index contributed by atoms with van der Waals surface area (Å²) in [5.74, 6) is 0. The molecule has 1 aromatic rings. The Balaban J connectivity index is 1.68. The topological polar surface area (TPSA) is 27.5 Å². The number of nitrogens with zero attached hydrogens (tertiary/aromatic N) is 5. The molecule has 2 fully saturated rings. The fourth-order valence-corrected chi connectivity index (χ4v) is 3.64. The Morgan fingerprint density at radius 3 is 2.50 bits per heavy atom. The van der Waals surface area contributed by atoms with Crippen molar-refractivity contribution in [1.29, 1.82) is 0 Å². The zero-order chi connectivity index (χ0) is 14.2. The van der Waals surface area contributed by atoms with Gasteiger partial charge in [-0.25, -0.2) is 0 Å². The average Bonchev–Trinajstić information content (AvgIpc) is 2.83. The van der Waals surface area contributed by atoms with Crippen LogP contribution in [0, 0.1) is 0 Å². The van der Waals surface area contributed by atoms with Gasteiger partial charge in [-0.3, -0.25) is 14.5 Å². The van der Waals surface area contributed by atoms with E-state index >= 15 is 0 Å². The summed E-state index contributed by atoms with van der Waals surface area (Å²) in [7, 11) is 6.59. The van der Waals surface area contributed by atoms with Gasteiger partial charge in [0.25, 0.3) is 0 Å². The predicted molar refractivity (Wildman–Crippen MR) is 80.6 cm³/mol. The number of piperidine rings is 1. The number of hydrogen-bond donors (Lipinski definition) is 0. The second-order valence-electron chi connectivity index (χ2n) is 6.61. The number of likely N-dealkylation sites (N-methyl/N-ethyl adjacent to an activating group) is 1. The van der Waals surface area contributed by atoms with E-state index in [1.54, 1.807) is 0 Å². The lowest BCUT2D eigenvalue weighted by atomic mass is 9.84. The minimum Gasteiger partial charge on any atom is -0.306 e. The molecule has 0 N–H and O–H groups in total. The van der Waals surface area contributed by atoms with Crippen molar-refractivity contribution < 1.29 is 0 Å². The summed E-state index contributed by atoms with van der Waals surface area (Å²) in [6.07, 6.45) is 4.49. The molecule has 20 heavy (non-hydrogen) atoms. The van der Waals surface area contributed by atoms with Crippen LogP contribution < -0.4 is 0 Å². The van der Waals surface area contributed by atoms with Crippen molar-refractivity contribution in [1.82, 2.24) is 24.5 Å². The van der Waals surface area contributed by atoms with E-state index in [0.717, 1.165) is 6.54 Å². The number of piperazine rings is 1.